The van der Waals surface area contributed by atoms with Crippen LogP contribution in [0.5, 0.6) is 0 Å². The summed E-state index contributed by atoms with van der Waals surface area (Å²) in [6.07, 6.45) is 4.30. The van der Waals surface area contributed by atoms with Gasteiger partial charge in [0.15, 0.2) is 0 Å². The summed E-state index contributed by atoms with van der Waals surface area (Å²) in [5.74, 6) is 2.15. The van der Waals surface area contributed by atoms with Gasteiger partial charge in [-0.15, -0.1) is 10.2 Å². The van der Waals surface area contributed by atoms with E-state index in [0.717, 1.165) is 48.6 Å². The fraction of sp³-hybridized carbons (Fsp3) is 0.296. The Labute approximate surface area is 209 Å². The Hall–Kier alpha value is -4.27. The molecule has 2 aromatic carbocycles. The Bertz CT molecular complexity index is 1390. The van der Waals surface area contributed by atoms with Crippen LogP contribution in [0.25, 0.3) is 11.5 Å². The number of hydrogen-bond donors (Lipinski definition) is 1. The zero-order valence-corrected chi connectivity index (χ0v) is 20.1. The number of nitrogens with one attached hydrogen (secondary N) is 1. The third-order valence-electron chi connectivity index (χ3n) is 6.69. The summed E-state index contributed by atoms with van der Waals surface area (Å²) in [5, 5.41) is 11.7. The van der Waals surface area contributed by atoms with Crippen molar-refractivity contribution >= 4 is 23.4 Å². The second-order valence-corrected chi connectivity index (χ2v) is 9.08. The highest BCUT2D eigenvalue weighted by Crippen LogP contribution is 2.35. The highest BCUT2D eigenvalue weighted by atomic mass is 16.4. The summed E-state index contributed by atoms with van der Waals surface area (Å²) in [5.41, 5.74) is 3.19. The Balaban J connectivity index is 1.31. The molecule has 6 rings (SSSR count). The average molecular weight is 482 g/mol. The number of hydrogen-bond acceptors (Lipinski definition) is 8. The van der Waals surface area contributed by atoms with Crippen molar-refractivity contribution in [1.29, 1.82) is 0 Å². The highest BCUT2D eigenvalue weighted by Gasteiger charge is 2.37. The number of aromatic nitrogens is 4. The molecule has 4 aromatic rings. The summed E-state index contributed by atoms with van der Waals surface area (Å²) >= 11 is 0. The molecule has 0 saturated carbocycles. The Morgan fingerprint density at radius 1 is 1.11 bits per heavy atom. The molecule has 1 saturated heterocycles. The fourth-order valence-corrected chi connectivity index (χ4v) is 4.97. The van der Waals surface area contributed by atoms with Crippen LogP contribution in [0.1, 0.15) is 41.6 Å². The van der Waals surface area contributed by atoms with Crippen LogP contribution >= 0.6 is 0 Å². The van der Waals surface area contributed by atoms with Gasteiger partial charge in [0.2, 0.25) is 17.7 Å². The third kappa shape index (κ3) is 4.17. The summed E-state index contributed by atoms with van der Waals surface area (Å²) in [7, 11) is 0. The van der Waals surface area contributed by atoms with Gasteiger partial charge >= 0.3 is 0 Å². The molecule has 2 aromatic heterocycles. The highest BCUT2D eigenvalue weighted by molar-refractivity contribution is 6.10. The molecule has 9 nitrogen and oxygen atoms in total. The Kier molecular flexibility index (Phi) is 5.80. The van der Waals surface area contributed by atoms with Crippen LogP contribution in [0.3, 0.4) is 0 Å². The van der Waals surface area contributed by atoms with Gasteiger partial charge in [-0.2, -0.15) is 4.98 Å². The number of carbonyl (C=O) groups excluding carboxylic acids is 1. The van der Waals surface area contributed by atoms with Gasteiger partial charge in [0.05, 0.1) is 6.42 Å². The topological polar surface area (TPSA) is 100 Å². The van der Waals surface area contributed by atoms with Gasteiger partial charge in [0.25, 0.3) is 5.91 Å². The predicted octanol–water partition coefficient (Wildman–Crippen LogP) is 4.18. The minimum atomic E-state index is -0.102. The van der Waals surface area contributed by atoms with E-state index in [1.165, 1.54) is 0 Å². The molecule has 2 aliphatic heterocycles. The van der Waals surface area contributed by atoms with Gasteiger partial charge in [-0.25, -0.2) is 4.98 Å². The van der Waals surface area contributed by atoms with E-state index < -0.39 is 0 Å². The molecule has 1 unspecified atom stereocenters. The van der Waals surface area contributed by atoms with Crippen molar-refractivity contribution in [2.24, 2.45) is 0 Å². The average Bonchev–Trinajstić information content (AvgIpc) is 3.55. The second-order valence-electron chi connectivity index (χ2n) is 9.08. The van der Waals surface area contributed by atoms with E-state index in [4.69, 9.17) is 9.40 Å². The summed E-state index contributed by atoms with van der Waals surface area (Å²) in [6.45, 7) is 4.19. The summed E-state index contributed by atoms with van der Waals surface area (Å²) in [4.78, 5) is 26.9. The maximum absolute atomic E-state index is 13.7. The minimum Gasteiger partial charge on any atom is -0.420 e. The zero-order chi connectivity index (χ0) is 24.5. The van der Waals surface area contributed by atoms with Gasteiger partial charge in [-0.05, 0) is 43.5 Å². The van der Waals surface area contributed by atoms with Crippen LogP contribution in [-0.2, 0) is 6.42 Å². The molecule has 1 amide bonds. The molecule has 0 aliphatic carbocycles. The van der Waals surface area contributed by atoms with Gasteiger partial charge in [0, 0.05) is 43.1 Å². The molecule has 9 heteroatoms. The molecular formula is C27H27N7O2. The first-order valence-electron chi connectivity index (χ1n) is 12.4. The van der Waals surface area contributed by atoms with Gasteiger partial charge < -0.3 is 19.5 Å². The number of rotatable bonds is 6. The summed E-state index contributed by atoms with van der Waals surface area (Å²) in [6, 6.07) is 18.0. The first-order chi connectivity index (χ1) is 17.7. The van der Waals surface area contributed by atoms with Crippen molar-refractivity contribution in [1.82, 2.24) is 20.2 Å². The van der Waals surface area contributed by atoms with Gasteiger partial charge in [0.1, 0.15) is 11.4 Å². The lowest BCUT2D eigenvalue weighted by atomic mass is 10.1. The molecule has 1 fully saturated rings. The minimum absolute atomic E-state index is 0.102. The van der Waals surface area contributed by atoms with Gasteiger partial charge in [-0.1, -0.05) is 36.4 Å². The monoisotopic (exact) mass is 481 g/mol. The second kappa shape index (κ2) is 9.41. The lowest BCUT2D eigenvalue weighted by Gasteiger charge is -2.27. The number of carbonyl (C=O) groups is 1. The van der Waals surface area contributed by atoms with Crippen LogP contribution < -0.4 is 15.1 Å². The molecular weight excluding hydrogens is 454 g/mol. The number of anilines is 3. The van der Waals surface area contributed by atoms with Crippen LogP contribution in [0.4, 0.5) is 17.5 Å². The lowest BCUT2D eigenvalue weighted by molar-refractivity contribution is 0.0988. The Morgan fingerprint density at radius 2 is 2.00 bits per heavy atom. The number of benzene rings is 2. The zero-order valence-electron chi connectivity index (χ0n) is 20.1. The molecule has 36 heavy (non-hydrogen) atoms. The largest absolute Gasteiger partial charge is 0.420 e. The van der Waals surface area contributed by atoms with E-state index in [1.807, 2.05) is 66.4 Å². The van der Waals surface area contributed by atoms with Crippen LogP contribution in [0, 0.1) is 0 Å². The SMILES string of the molecule is CCNc1ncc2c(n1)N1CCCC1CN(c1cccc(-c3nnc(Cc4ccccc4)o3)c1)C2=O. The number of nitrogens with zero attached hydrogens (tertiary/aromatic N) is 6. The van der Waals surface area contributed by atoms with E-state index in [9.17, 15) is 4.79 Å². The van der Waals surface area contributed by atoms with E-state index in [-0.39, 0.29) is 11.9 Å². The predicted molar refractivity (Wildman–Crippen MR) is 137 cm³/mol. The fourth-order valence-electron chi connectivity index (χ4n) is 4.97. The molecule has 182 valence electrons. The van der Waals surface area contributed by atoms with Gasteiger partial charge in [-0.3, -0.25) is 4.79 Å². The maximum Gasteiger partial charge on any atom is 0.263 e. The van der Waals surface area contributed by atoms with Crippen LogP contribution in [0.15, 0.2) is 65.2 Å². The first-order valence-corrected chi connectivity index (χ1v) is 12.4. The van der Waals surface area contributed by atoms with E-state index in [0.29, 0.717) is 36.3 Å². The molecule has 2 aliphatic rings. The van der Waals surface area contributed by atoms with Crippen molar-refractivity contribution in [3.63, 3.8) is 0 Å². The normalized spacial score (nSPS) is 17.0. The lowest BCUT2D eigenvalue weighted by Crippen LogP contribution is -2.39. The van der Waals surface area contributed by atoms with Crippen molar-refractivity contribution < 1.29 is 9.21 Å². The molecule has 0 spiro atoms. The quantitative estimate of drug-likeness (QED) is 0.438. The van der Waals surface area contributed by atoms with Crippen molar-refractivity contribution in [3.8, 4) is 11.5 Å². The van der Waals surface area contributed by atoms with E-state index in [1.54, 1.807) is 6.20 Å². The third-order valence-corrected chi connectivity index (χ3v) is 6.69. The molecule has 4 heterocycles. The standard InChI is InChI=1S/C27H27N7O2/c1-2-28-27-29-16-22-24(30-27)33-13-7-12-21(33)17-34(26(22)35)20-11-6-10-19(15-20)25-32-31-23(36-25)14-18-8-4-3-5-9-18/h3-6,8-11,15-16,21H,2,7,12-14,17H2,1H3,(H,28,29,30). The summed E-state index contributed by atoms with van der Waals surface area (Å²) < 4.78 is 5.97. The molecule has 1 N–H and O–H groups in total. The van der Waals surface area contributed by atoms with Crippen molar-refractivity contribution in [2.75, 3.05) is 34.8 Å². The van der Waals surface area contributed by atoms with Crippen molar-refractivity contribution in [3.05, 3.63) is 77.8 Å². The maximum atomic E-state index is 13.7. The van der Waals surface area contributed by atoms with E-state index >= 15 is 0 Å². The number of fused-ring (bicyclic) bond motifs is 3. The molecule has 0 bridgehead atoms. The first kappa shape index (κ1) is 22.2. The number of amides is 1. The molecule has 0 radical (unpaired) electrons. The van der Waals surface area contributed by atoms with Crippen molar-refractivity contribution in [2.45, 2.75) is 32.2 Å². The van der Waals surface area contributed by atoms with Crippen LogP contribution in [0.2, 0.25) is 0 Å². The van der Waals surface area contributed by atoms with E-state index in [2.05, 4.69) is 25.4 Å². The Morgan fingerprint density at radius 3 is 2.86 bits per heavy atom. The van der Waals surface area contributed by atoms with Crippen LogP contribution in [-0.4, -0.2) is 51.7 Å². The smallest absolute Gasteiger partial charge is 0.263 e. The molecule has 1 atom stereocenters.